The molecule has 0 spiro atoms. The summed E-state index contributed by atoms with van der Waals surface area (Å²) < 4.78 is 5.10. The highest BCUT2D eigenvalue weighted by Crippen LogP contribution is 2.16. The lowest BCUT2D eigenvalue weighted by atomic mass is 10.1. The van der Waals surface area contributed by atoms with Gasteiger partial charge in [0, 0.05) is 0 Å². The number of nitrogens with two attached hydrogens (primary N) is 1. The quantitative estimate of drug-likeness (QED) is 0.715. The SMILES string of the molecule is COc1ccc(CCON)c(C)c1. The molecule has 1 aromatic rings. The highest BCUT2D eigenvalue weighted by molar-refractivity contribution is 5.34. The zero-order valence-corrected chi connectivity index (χ0v) is 8.04. The minimum absolute atomic E-state index is 0.549. The van der Waals surface area contributed by atoms with Crippen molar-refractivity contribution in [3.05, 3.63) is 29.3 Å². The molecule has 1 aromatic carbocycles. The van der Waals surface area contributed by atoms with Crippen LogP contribution >= 0.6 is 0 Å². The number of benzene rings is 1. The van der Waals surface area contributed by atoms with Crippen LogP contribution in [0.4, 0.5) is 0 Å². The second kappa shape index (κ2) is 4.84. The Kier molecular flexibility index (Phi) is 3.73. The van der Waals surface area contributed by atoms with Gasteiger partial charge in [-0.3, -0.25) is 0 Å². The molecular formula is C10H15NO2. The Morgan fingerprint density at radius 1 is 1.38 bits per heavy atom. The van der Waals surface area contributed by atoms with E-state index in [0.29, 0.717) is 6.61 Å². The van der Waals surface area contributed by atoms with E-state index in [9.17, 15) is 0 Å². The lowest BCUT2D eigenvalue weighted by molar-refractivity contribution is 0.141. The molecule has 13 heavy (non-hydrogen) atoms. The van der Waals surface area contributed by atoms with Gasteiger partial charge in [0.15, 0.2) is 0 Å². The van der Waals surface area contributed by atoms with Crippen LogP contribution in [0.15, 0.2) is 18.2 Å². The molecule has 0 fully saturated rings. The summed E-state index contributed by atoms with van der Waals surface area (Å²) >= 11 is 0. The number of aryl methyl sites for hydroxylation is 1. The third kappa shape index (κ3) is 2.72. The van der Waals surface area contributed by atoms with Crippen molar-refractivity contribution in [2.45, 2.75) is 13.3 Å². The third-order valence-electron chi connectivity index (χ3n) is 2.04. The van der Waals surface area contributed by atoms with E-state index >= 15 is 0 Å². The zero-order chi connectivity index (χ0) is 9.68. The highest BCUT2D eigenvalue weighted by atomic mass is 16.6. The summed E-state index contributed by atoms with van der Waals surface area (Å²) in [4.78, 5) is 4.53. The first kappa shape index (κ1) is 10.0. The van der Waals surface area contributed by atoms with Gasteiger partial charge in [-0.05, 0) is 36.6 Å². The van der Waals surface area contributed by atoms with Crippen molar-refractivity contribution in [1.29, 1.82) is 0 Å². The molecule has 3 nitrogen and oxygen atoms in total. The summed E-state index contributed by atoms with van der Waals surface area (Å²) in [5.74, 6) is 5.84. The monoisotopic (exact) mass is 181 g/mol. The van der Waals surface area contributed by atoms with Crippen LogP contribution in [0.5, 0.6) is 5.75 Å². The second-order valence-corrected chi connectivity index (χ2v) is 2.91. The molecule has 0 aliphatic carbocycles. The molecule has 0 bridgehead atoms. The van der Waals surface area contributed by atoms with Gasteiger partial charge in [0.25, 0.3) is 0 Å². The fourth-order valence-corrected chi connectivity index (χ4v) is 1.24. The van der Waals surface area contributed by atoms with Crippen molar-refractivity contribution in [2.24, 2.45) is 5.90 Å². The van der Waals surface area contributed by atoms with Gasteiger partial charge in [-0.25, -0.2) is 5.90 Å². The van der Waals surface area contributed by atoms with Crippen LogP contribution in [0, 0.1) is 6.92 Å². The molecule has 0 unspecified atom stereocenters. The first-order chi connectivity index (χ1) is 6.27. The van der Waals surface area contributed by atoms with Crippen LogP contribution in [0.3, 0.4) is 0 Å². The minimum Gasteiger partial charge on any atom is -0.497 e. The second-order valence-electron chi connectivity index (χ2n) is 2.91. The number of hydrogen-bond donors (Lipinski definition) is 1. The number of ether oxygens (including phenoxy) is 1. The van der Waals surface area contributed by atoms with Crippen molar-refractivity contribution in [1.82, 2.24) is 0 Å². The Hall–Kier alpha value is -1.06. The van der Waals surface area contributed by atoms with E-state index in [1.807, 2.05) is 25.1 Å². The van der Waals surface area contributed by atoms with Gasteiger partial charge < -0.3 is 9.57 Å². The van der Waals surface area contributed by atoms with Crippen LogP contribution in [-0.2, 0) is 11.3 Å². The maximum absolute atomic E-state index is 5.10. The number of methoxy groups -OCH3 is 1. The molecule has 0 heterocycles. The molecular weight excluding hydrogens is 166 g/mol. The summed E-state index contributed by atoms with van der Waals surface area (Å²) in [5.41, 5.74) is 2.45. The van der Waals surface area contributed by atoms with E-state index in [4.69, 9.17) is 10.6 Å². The Morgan fingerprint density at radius 3 is 2.69 bits per heavy atom. The van der Waals surface area contributed by atoms with E-state index in [0.717, 1.165) is 12.2 Å². The van der Waals surface area contributed by atoms with Gasteiger partial charge in [0.2, 0.25) is 0 Å². The molecule has 0 aliphatic heterocycles. The smallest absolute Gasteiger partial charge is 0.119 e. The molecule has 0 amide bonds. The van der Waals surface area contributed by atoms with Crippen molar-refractivity contribution in [3.8, 4) is 5.75 Å². The van der Waals surface area contributed by atoms with Crippen LogP contribution in [-0.4, -0.2) is 13.7 Å². The average Bonchev–Trinajstić information content (AvgIpc) is 2.16. The molecule has 0 saturated carbocycles. The maximum Gasteiger partial charge on any atom is 0.119 e. The molecule has 0 atom stereocenters. The molecule has 0 aromatic heterocycles. The third-order valence-corrected chi connectivity index (χ3v) is 2.04. The van der Waals surface area contributed by atoms with Gasteiger partial charge in [-0.1, -0.05) is 6.07 Å². The summed E-state index contributed by atoms with van der Waals surface area (Å²) in [6, 6.07) is 5.98. The van der Waals surface area contributed by atoms with E-state index in [1.165, 1.54) is 11.1 Å². The zero-order valence-electron chi connectivity index (χ0n) is 8.04. The molecule has 0 radical (unpaired) electrons. The average molecular weight is 181 g/mol. The van der Waals surface area contributed by atoms with E-state index in [-0.39, 0.29) is 0 Å². The molecule has 0 aliphatic rings. The van der Waals surface area contributed by atoms with Gasteiger partial charge in [0.1, 0.15) is 5.75 Å². The summed E-state index contributed by atoms with van der Waals surface area (Å²) in [5, 5.41) is 0. The molecule has 1 rings (SSSR count). The standard InChI is InChI=1S/C10H15NO2/c1-8-7-10(12-2)4-3-9(8)5-6-13-11/h3-4,7H,5-6,11H2,1-2H3. The van der Waals surface area contributed by atoms with Crippen molar-refractivity contribution in [3.63, 3.8) is 0 Å². The van der Waals surface area contributed by atoms with E-state index < -0.39 is 0 Å². The minimum atomic E-state index is 0.549. The summed E-state index contributed by atoms with van der Waals surface area (Å²) in [6.07, 6.45) is 0.840. The Balaban J connectivity index is 2.73. The van der Waals surface area contributed by atoms with Gasteiger partial charge in [-0.2, -0.15) is 0 Å². The lowest BCUT2D eigenvalue weighted by Crippen LogP contribution is -2.04. The first-order valence-corrected chi connectivity index (χ1v) is 4.23. The van der Waals surface area contributed by atoms with Crippen LogP contribution in [0.25, 0.3) is 0 Å². The normalized spacial score (nSPS) is 10.1. The topological polar surface area (TPSA) is 44.5 Å². The van der Waals surface area contributed by atoms with Crippen LogP contribution < -0.4 is 10.6 Å². The first-order valence-electron chi connectivity index (χ1n) is 4.23. The Morgan fingerprint density at radius 2 is 2.15 bits per heavy atom. The van der Waals surface area contributed by atoms with E-state index in [1.54, 1.807) is 7.11 Å². The van der Waals surface area contributed by atoms with E-state index in [2.05, 4.69) is 4.84 Å². The van der Waals surface area contributed by atoms with Crippen molar-refractivity contribution >= 4 is 0 Å². The largest absolute Gasteiger partial charge is 0.497 e. The lowest BCUT2D eigenvalue weighted by Gasteiger charge is -2.06. The fraction of sp³-hybridized carbons (Fsp3) is 0.400. The van der Waals surface area contributed by atoms with Crippen LogP contribution in [0.1, 0.15) is 11.1 Å². The summed E-state index contributed by atoms with van der Waals surface area (Å²) in [6.45, 7) is 2.60. The maximum atomic E-state index is 5.10. The summed E-state index contributed by atoms with van der Waals surface area (Å²) in [7, 11) is 1.66. The fourth-order valence-electron chi connectivity index (χ4n) is 1.24. The predicted octanol–water partition coefficient (Wildman–Crippen LogP) is 1.44. The molecule has 0 saturated heterocycles. The molecule has 72 valence electrons. The number of rotatable bonds is 4. The molecule has 3 heteroatoms. The Bertz CT molecular complexity index is 274. The highest BCUT2D eigenvalue weighted by Gasteiger charge is 1.99. The number of hydrogen-bond acceptors (Lipinski definition) is 3. The van der Waals surface area contributed by atoms with Crippen LogP contribution in [0.2, 0.25) is 0 Å². The van der Waals surface area contributed by atoms with Gasteiger partial charge in [0.05, 0.1) is 13.7 Å². The Labute approximate surface area is 78.4 Å². The van der Waals surface area contributed by atoms with Crippen molar-refractivity contribution in [2.75, 3.05) is 13.7 Å². The van der Waals surface area contributed by atoms with Gasteiger partial charge in [-0.15, -0.1) is 0 Å². The predicted molar refractivity (Wildman–Crippen MR) is 51.6 cm³/mol. The molecule has 2 N–H and O–H groups in total. The van der Waals surface area contributed by atoms with Crippen molar-refractivity contribution < 1.29 is 9.57 Å². The van der Waals surface area contributed by atoms with Gasteiger partial charge >= 0.3 is 0 Å².